The number of fused-ring (bicyclic) bond motifs is 1. The van der Waals surface area contributed by atoms with Crippen LogP contribution in [0.25, 0.3) is 0 Å². The summed E-state index contributed by atoms with van der Waals surface area (Å²) >= 11 is 0. The smallest absolute Gasteiger partial charge is 0.416 e. The van der Waals surface area contributed by atoms with Gasteiger partial charge in [-0.25, -0.2) is 9.69 Å². The van der Waals surface area contributed by atoms with Crippen LogP contribution < -0.4 is 5.32 Å². The van der Waals surface area contributed by atoms with Crippen molar-refractivity contribution in [2.45, 2.75) is 76.9 Å². The molecule has 5 heteroatoms. The zero-order valence-corrected chi connectivity index (χ0v) is 12.8. The van der Waals surface area contributed by atoms with Gasteiger partial charge >= 0.3 is 6.09 Å². The van der Waals surface area contributed by atoms with Crippen molar-refractivity contribution in [3.63, 3.8) is 0 Å². The number of hydrogen-bond acceptors (Lipinski definition) is 4. The second-order valence-corrected chi connectivity index (χ2v) is 6.37. The average Bonchev–Trinajstić information content (AvgIpc) is 2.40. The minimum absolute atomic E-state index is 0.0431. The van der Waals surface area contributed by atoms with E-state index in [9.17, 15) is 9.59 Å². The number of carbonyl (C=O) groups excluding carboxylic acids is 2. The van der Waals surface area contributed by atoms with Gasteiger partial charge in [-0.2, -0.15) is 0 Å². The number of carbonyl (C=O) groups is 2. The summed E-state index contributed by atoms with van der Waals surface area (Å²) in [5.74, 6) is -0.165. The first-order valence-corrected chi connectivity index (χ1v) is 7.75. The minimum atomic E-state index is -0.692. The average molecular weight is 282 g/mol. The molecular weight excluding hydrogens is 256 g/mol. The highest BCUT2D eigenvalue weighted by Crippen LogP contribution is 2.31. The second-order valence-electron chi connectivity index (χ2n) is 6.37. The van der Waals surface area contributed by atoms with E-state index < -0.39 is 11.6 Å². The Kier molecular flexibility index (Phi) is 4.68. The van der Waals surface area contributed by atoms with Crippen LogP contribution in [0.1, 0.15) is 59.3 Å². The maximum Gasteiger partial charge on any atom is 0.416 e. The van der Waals surface area contributed by atoms with Crippen molar-refractivity contribution in [3.8, 4) is 0 Å². The molecule has 0 spiro atoms. The molecule has 2 rings (SSSR count). The molecular formula is C15H26N2O3. The summed E-state index contributed by atoms with van der Waals surface area (Å²) in [5, 5.41) is 3.40. The Morgan fingerprint density at radius 1 is 1.40 bits per heavy atom. The van der Waals surface area contributed by atoms with Crippen molar-refractivity contribution in [1.29, 1.82) is 0 Å². The van der Waals surface area contributed by atoms with Crippen molar-refractivity contribution < 1.29 is 14.3 Å². The van der Waals surface area contributed by atoms with Crippen molar-refractivity contribution >= 4 is 12.0 Å². The molecule has 1 N–H and O–H groups in total. The number of unbranched alkanes of at least 4 members (excludes halogenated alkanes) is 1. The molecule has 0 aromatic carbocycles. The van der Waals surface area contributed by atoms with Crippen LogP contribution in [0.4, 0.5) is 4.79 Å². The normalized spacial score (nSPS) is 28.9. The van der Waals surface area contributed by atoms with E-state index in [2.05, 4.69) is 5.32 Å². The molecule has 1 saturated heterocycles. The molecule has 0 aromatic heterocycles. The Morgan fingerprint density at radius 3 is 2.80 bits per heavy atom. The van der Waals surface area contributed by atoms with E-state index in [1.165, 1.54) is 4.90 Å². The first-order chi connectivity index (χ1) is 9.47. The van der Waals surface area contributed by atoms with Crippen molar-refractivity contribution in [1.82, 2.24) is 10.2 Å². The largest absolute Gasteiger partial charge is 0.449 e. The fraction of sp³-hybridized carbons (Fsp3) is 0.867. The zero-order valence-electron chi connectivity index (χ0n) is 12.8. The van der Waals surface area contributed by atoms with E-state index in [0.717, 1.165) is 38.5 Å². The van der Waals surface area contributed by atoms with Crippen LogP contribution >= 0.6 is 0 Å². The third-order valence-electron chi connectivity index (χ3n) is 4.28. The van der Waals surface area contributed by atoms with Crippen LogP contribution in [0.15, 0.2) is 0 Å². The van der Waals surface area contributed by atoms with Crippen LogP contribution in [-0.2, 0) is 9.53 Å². The standard InChI is InChI=1S/C15H26N2O3/c1-4-5-10-20-14(19)17-12-9-7-6-8-11(12)16-15(2,3)13(17)18/h11-12,16H,4-10H2,1-3H3/t11-,12-/m0/s1. The lowest BCUT2D eigenvalue weighted by molar-refractivity contribution is -0.144. The third kappa shape index (κ3) is 2.97. The summed E-state index contributed by atoms with van der Waals surface area (Å²) in [6, 6.07) is 0.161. The third-order valence-corrected chi connectivity index (χ3v) is 4.28. The molecule has 0 bridgehead atoms. The number of nitrogens with one attached hydrogen (secondary N) is 1. The first kappa shape index (κ1) is 15.3. The molecule has 0 aromatic rings. The van der Waals surface area contributed by atoms with Crippen molar-refractivity contribution in [2.24, 2.45) is 0 Å². The lowest BCUT2D eigenvalue weighted by Gasteiger charge is -2.48. The number of nitrogens with zero attached hydrogens (tertiary/aromatic N) is 1. The lowest BCUT2D eigenvalue weighted by atomic mass is 9.83. The molecule has 2 fully saturated rings. The van der Waals surface area contributed by atoms with Gasteiger partial charge in [-0.15, -0.1) is 0 Å². The quantitative estimate of drug-likeness (QED) is 0.808. The summed E-state index contributed by atoms with van der Waals surface area (Å²) in [6.07, 6.45) is 5.45. The predicted molar refractivity (Wildman–Crippen MR) is 76.4 cm³/mol. The number of ether oxygens (including phenoxy) is 1. The van der Waals surface area contributed by atoms with Gasteiger partial charge in [0.15, 0.2) is 0 Å². The van der Waals surface area contributed by atoms with Gasteiger partial charge in [0.05, 0.1) is 18.2 Å². The van der Waals surface area contributed by atoms with Gasteiger partial charge in [-0.05, 0) is 33.1 Å². The number of hydrogen-bond donors (Lipinski definition) is 1. The van der Waals surface area contributed by atoms with E-state index in [1.807, 2.05) is 20.8 Å². The topological polar surface area (TPSA) is 58.6 Å². The predicted octanol–water partition coefficient (Wildman–Crippen LogP) is 2.44. The van der Waals surface area contributed by atoms with Gasteiger partial charge in [0.1, 0.15) is 0 Å². The maximum atomic E-state index is 12.5. The molecule has 1 aliphatic carbocycles. The SMILES string of the molecule is CCCCOC(=O)N1C(=O)C(C)(C)N[C@H]2CCCC[C@@H]21. The second kappa shape index (κ2) is 6.12. The highest BCUT2D eigenvalue weighted by molar-refractivity contribution is 5.98. The molecule has 2 atom stereocenters. The zero-order chi connectivity index (χ0) is 14.8. The molecule has 0 radical (unpaired) electrons. The number of amides is 2. The summed E-state index contributed by atoms with van der Waals surface area (Å²) in [7, 11) is 0. The summed E-state index contributed by atoms with van der Waals surface area (Å²) in [6.45, 7) is 6.12. The van der Waals surface area contributed by atoms with Crippen LogP contribution in [0, 0.1) is 0 Å². The highest BCUT2D eigenvalue weighted by Gasteiger charge is 2.49. The molecule has 1 aliphatic heterocycles. The first-order valence-electron chi connectivity index (χ1n) is 7.75. The number of piperazine rings is 1. The van der Waals surface area contributed by atoms with Crippen LogP contribution in [0.5, 0.6) is 0 Å². The molecule has 2 aliphatic rings. The fourth-order valence-corrected chi connectivity index (χ4v) is 3.16. The maximum absolute atomic E-state index is 12.5. The van der Waals surface area contributed by atoms with Gasteiger partial charge in [0, 0.05) is 6.04 Å². The molecule has 1 saturated carbocycles. The van der Waals surface area contributed by atoms with Gasteiger partial charge in [-0.3, -0.25) is 10.1 Å². The Morgan fingerprint density at radius 2 is 2.10 bits per heavy atom. The van der Waals surface area contributed by atoms with Crippen molar-refractivity contribution in [3.05, 3.63) is 0 Å². The highest BCUT2D eigenvalue weighted by atomic mass is 16.6. The molecule has 0 unspecified atom stereocenters. The lowest BCUT2D eigenvalue weighted by Crippen LogP contribution is -2.71. The molecule has 1 heterocycles. The van der Waals surface area contributed by atoms with Gasteiger partial charge in [0.2, 0.25) is 0 Å². The molecule has 2 amide bonds. The Hall–Kier alpha value is -1.10. The van der Waals surface area contributed by atoms with E-state index in [0.29, 0.717) is 6.61 Å². The molecule has 20 heavy (non-hydrogen) atoms. The monoisotopic (exact) mass is 282 g/mol. The Bertz CT molecular complexity index is 381. The summed E-state index contributed by atoms with van der Waals surface area (Å²) in [5.41, 5.74) is -0.692. The van der Waals surface area contributed by atoms with E-state index in [1.54, 1.807) is 0 Å². The molecule has 5 nitrogen and oxygen atoms in total. The number of imide groups is 1. The van der Waals surface area contributed by atoms with Crippen LogP contribution in [0.2, 0.25) is 0 Å². The van der Waals surface area contributed by atoms with E-state index in [4.69, 9.17) is 4.74 Å². The Balaban J connectivity index is 2.12. The van der Waals surface area contributed by atoms with E-state index >= 15 is 0 Å². The summed E-state index contributed by atoms with van der Waals surface area (Å²) < 4.78 is 5.27. The summed E-state index contributed by atoms with van der Waals surface area (Å²) in [4.78, 5) is 26.2. The molecule has 114 valence electrons. The van der Waals surface area contributed by atoms with Crippen LogP contribution in [-0.4, -0.2) is 41.1 Å². The fourth-order valence-electron chi connectivity index (χ4n) is 3.16. The van der Waals surface area contributed by atoms with Crippen LogP contribution in [0.3, 0.4) is 0 Å². The van der Waals surface area contributed by atoms with Gasteiger partial charge < -0.3 is 4.74 Å². The minimum Gasteiger partial charge on any atom is -0.449 e. The van der Waals surface area contributed by atoms with Gasteiger partial charge in [0.25, 0.3) is 5.91 Å². The Labute approximate surface area is 121 Å². The van der Waals surface area contributed by atoms with E-state index in [-0.39, 0.29) is 18.0 Å². The number of rotatable bonds is 3. The van der Waals surface area contributed by atoms with Gasteiger partial charge in [-0.1, -0.05) is 26.2 Å². The van der Waals surface area contributed by atoms with Crippen molar-refractivity contribution in [2.75, 3.05) is 6.61 Å².